The number of hydrogen-bond acceptors (Lipinski definition) is 2. The summed E-state index contributed by atoms with van der Waals surface area (Å²) in [5.41, 5.74) is 3.22. The van der Waals surface area contributed by atoms with Gasteiger partial charge < -0.3 is 10.4 Å². The Hall–Kier alpha value is -1.35. The van der Waals surface area contributed by atoms with Crippen LogP contribution in [0.3, 0.4) is 0 Å². The minimum Gasteiger partial charge on any atom is -0.388 e. The molecule has 1 aliphatic rings. The Morgan fingerprint density at radius 2 is 2.10 bits per heavy atom. The average molecular weight is 275 g/mol. The number of hydrogen-bond donors (Lipinski definition) is 2. The van der Waals surface area contributed by atoms with Crippen molar-refractivity contribution in [3.05, 3.63) is 34.9 Å². The van der Waals surface area contributed by atoms with Gasteiger partial charge in [0.2, 0.25) is 5.91 Å². The molecule has 2 unspecified atom stereocenters. The summed E-state index contributed by atoms with van der Waals surface area (Å²) in [5, 5.41) is 13.5. The molecule has 0 saturated heterocycles. The Morgan fingerprint density at radius 1 is 1.40 bits per heavy atom. The lowest BCUT2D eigenvalue weighted by atomic mass is 9.81. The van der Waals surface area contributed by atoms with Crippen LogP contribution in [0, 0.1) is 5.41 Å². The van der Waals surface area contributed by atoms with E-state index in [1.165, 1.54) is 11.1 Å². The van der Waals surface area contributed by atoms with Crippen LogP contribution in [-0.2, 0) is 11.2 Å². The molecule has 20 heavy (non-hydrogen) atoms. The second-order valence-corrected chi connectivity index (χ2v) is 6.87. The molecule has 110 valence electrons. The summed E-state index contributed by atoms with van der Waals surface area (Å²) in [7, 11) is 0. The standard InChI is InChI=1S/C17H25NO2/c1-11(19)18-15-7-5-6-12-8-9-13(10-14(12)15)16(20)17(2,3)4/h8-10,15-16,20H,5-7H2,1-4H3,(H,18,19). The van der Waals surface area contributed by atoms with E-state index in [9.17, 15) is 9.90 Å². The predicted molar refractivity (Wildman–Crippen MR) is 80.4 cm³/mol. The van der Waals surface area contributed by atoms with Crippen molar-refractivity contribution >= 4 is 5.91 Å². The van der Waals surface area contributed by atoms with Crippen molar-refractivity contribution in [3.8, 4) is 0 Å². The van der Waals surface area contributed by atoms with Crippen LogP contribution in [0.2, 0.25) is 0 Å². The molecule has 1 aliphatic carbocycles. The van der Waals surface area contributed by atoms with E-state index in [1.807, 2.05) is 26.8 Å². The summed E-state index contributed by atoms with van der Waals surface area (Å²) in [4.78, 5) is 11.3. The van der Waals surface area contributed by atoms with Crippen LogP contribution in [0.1, 0.15) is 69.4 Å². The second kappa shape index (κ2) is 5.57. The summed E-state index contributed by atoms with van der Waals surface area (Å²) >= 11 is 0. The maximum atomic E-state index is 11.3. The molecule has 0 fully saturated rings. The molecular weight excluding hydrogens is 250 g/mol. The van der Waals surface area contributed by atoms with Gasteiger partial charge in [-0.25, -0.2) is 0 Å². The van der Waals surface area contributed by atoms with Gasteiger partial charge in [0.15, 0.2) is 0 Å². The lowest BCUT2D eigenvalue weighted by Crippen LogP contribution is -2.29. The highest BCUT2D eigenvalue weighted by Crippen LogP contribution is 2.36. The van der Waals surface area contributed by atoms with Crippen molar-refractivity contribution < 1.29 is 9.90 Å². The van der Waals surface area contributed by atoms with Crippen LogP contribution in [0.5, 0.6) is 0 Å². The van der Waals surface area contributed by atoms with E-state index in [2.05, 4.69) is 17.4 Å². The van der Waals surface area contributed by atoms with Crippen molar-refractivity contribution in [1.29, 1.82) is 0 Å². The molecule has 0 heterocycles. The van der Waals surface area contributed by atoms with Gasteiger partial charge in [-0.05, 0) is 41.4 Å². The summed E-state index contributed by atoms with van der Waals surface area (Å²) in [6.07, 6.45) is 2.63. The van der Waals surface area contributed by atoms with E-state index < -0.39 is 6.10 Å². The van der Waals surface area contributed by atoms with E-state index in [0.29, 0.717) is 0 Å². The van der Waals surface area contributed by atoms with Crippen LogP contribution in [-0.4, -0.2) is 11.0 Å². The first-order chi connectivity index (χ1) is 9.29. The van der Waals surface area contributed by atoms with Gasteiger partial charge in [0.05, 0.1) is 12.1 Å². The summed E-state index contributed by atoms with van der Waals surface area (Å²) in [6.45, 7) is 7.65. The van der Waals surface area contributed by atoms with E-state index in [1.54, 1.807) is 6.92 Å². The third-order valence-corrected chi connectivity index (χ3v) is 4.00. The molecule has 3 heteroatoms. The highest BCUT2D eigenvalue weighted by Gasteiger charge is 2.27. The number of amides is 1. The lowest BCUT2D eigenvalue weighted by Gasteiger charge is -2.30. The van der Waals surface area contributed by atoms with E-state index in [-0.39, 0.29) is 17.4 Å². The molecule has 0 saturated carbocycles. The Balaban J connectivity index is 2.35. The maximum absolute atomic E-state index is 11.3. The monoisotopic (exact) mass is 275 g/mol. The van der Waals surface area contributed by atoms with Crippen LogP contribution in [0.15, 0.2) is 18.2 Å². The Bertz CT molecular complexity index is 502. The van der Waals surface area contributed by atoms with E-state index >= 15 is 0 Å². The summed E-state index contributed by atoms with van der Waals surface area (Å²) < 4.78 is 0. The lowest BCUT2D eigenvalue weighted by molar-refractivity contribution is -0.119. The fraction of sp³-hybridized carbons (Fsp3) is 0.588. The third-order valence-electron chi connectivity index (χ3n) is 4.00. The Labute approximate surface area is 121 Å². The van der Waals surface area contributed by atoms with Gasteiger partial charge >= 0.3 is 0 Å². The van der Waals surface area contributed by atoms with Crippen LogP contribution in [0.25, 0.3) is 0 Å². The molecule has 2 N–H and O–H groups in total. The fourth-order valence-electron chi connectivity index (χ4n) is 2.88. The van der Waals surface area contributed by atoms with Gasteiger partial charge in [-0.15, -0.1) is 0 Å². The normalized spacial score (nSPS) is 20.1. The fourth-order valence-corrected chi connectivity index (χ4v) is 2.88. The molecule has 0 aromatic heterocycles. The number of aryl methyl sites for hydroxylation is 1. The van der Waals surface area contributed by atoms with Gasteiger partial charge in [0.1, 0.15) is 0 Å². The van der Waals surface area contributed by atoms with Crippen LogP contribution in [0.4, 0.5) is 0 Å². The number of fused-ring (bicyclic) bond motifs is 1. The molecule has 0 spiro atoms. The van der Waals surface area contributed by atoms with E-state index in [0.717, 1.165) is 24.8 Å². The molecule has 2 atom stereocenters. The number of nitrogens with one attached hydrogen (secondary N) is 1. The molecular formula is C17H25NO2. The molecule has 1 amide bonds. The Morgan fingerprint density at radius 3 is 2.70 bits per heavy atom. The van der Waals surface area contributed by atoms with Gasteiger partial charge in [0, 0.05) is 6.92 Å². The van der Waals surface area contributed by atoms with Crippen molar-refractivity contribution in [2.24, 2.45) is 5.41 Å². The largest absolute Gasteiger partial charge is 0.388 e. The molecule has 1 aromatic rings. The zero-order valence-corrected chi connectivity index (χ0v) is 12.9. The molecule has 3 nitrogen and oxygen atoms in total. The number of carbonyl (C=O) groups excluding carboxylic acids is 1. The topological polar surface area (TPSA) is 49.3 Å². The molecule has 0 radical (unpaired) electrons. The molecule has 0 aliphatic heterocycles. The second-order valence-electron chi connectivity index (χ2n) is 6.87. The number of aliphatic hydroxyl groups excluding tert-OH is 1. The van der Waals surface area contributed by atoms with Crippen molar-refractivity contribution in [2.75, 3.05) is 0 Å². The summed E-state index contributed by atoms with van der Waals surface area (Å²) in [6, 6.07) is 6.28. The van der Waals surface area contributed by atoms with Crippen molar-refractivity contribution in [3.63, 3.8) is 0 Å². The van der Waals surface area contributed by atoms with Crippen molar-refractivity contribution in [1.82, 2.24) is 5.32 Å². The van der Waals surface area contributed by atoms with Crippen LogP contribution >= 0.6 is 0 Å². The molecule has 1 aromatic carbocycles. The van der Waals surface area contributed by atoms with Gasteiger partial charge in [-0.1, -0.05) is 39.0 Å². The summed E-state index contributed by atoms with van der Waals surface area (Å²) in [5.74, 6) is 0.00428. The molecule has 0 bridgehead atoms. The third kappa shape index (κ3) is 3.21. The molecule has 2 rings (SSSR count). The zero-order chi connectivity index (χ0) is 14.9. The number of carbonyl (C=O) groups is 1. The average Bonchev–Trinajstić information content (AvgIpc) is 2.36. The number of rotatable bonds is 2. The Kier molecular flexibility index (Phi) is 4.19. The van der Waals surface area contributed by atoms with Crippen LogP contribution < -0.4 is 5.32 Å². The minimum absolute atomic E-state index is 0.00428. The SMILES string of the molecule is CC(=O)NC1CCCc2ccc(C(O)C(C)(C)C)cc21. The minimum atomic E-state index is -0.493. The highest BCUT2D eigenvalue weighted by atomic mass is 16.3. The zero-order valence-electron chi connectivity index (χ0n) is 12.9. The first-order valence-corrected chi connectivity index (χ1v) is 7.37. The van der Waals surface area contributed by atoms with Crippen molar-refractivity contribution in [2.45, 2.75) is 59.1 Å². The maximum Gasteiger partial charge on any atom is 0.217 e. The number of benzene rings is 1. The first kappa shape index (κ1) is 15.0. The number of aliphatic hydroxyl groups is 1. The quantitative estimate of drug-likeness (QED) is 0.870. The smallest absolute Gasteiger partial charge is 0.217 e. The predicted octanol–water partition coefficient (Wildman–Crippen LogP) is 3.28. The van der Waals surface area contributed by atoms with Gasteiger partial charge in [-0.3, -0.25) is 4.79 Å². The van der Waals surface area contributed by atoms with E-state index in [4.69, 9.17) is 0 Å². The first-order valence-electron chi connectivity index (χ1n) is 7.37. The van der Waals surface area contributed by atoms with Gasteiger partial charge in [-0.2, -0.15) is 0 Å². The van der Waals surface area contributed by atoms with Gasteiger partial charge in [0.25, 0.3) is 0 Å². The highest BCUT2D eigenvalue weighted by molar-refractivity contribution is 5.73.